The molecule has 0 fully saturated rings. The van der Waals surface area contributed by atoms with E-state index in [1.165, 1.54) is 0 Å². The highest BCUT2D eigenvalue weighted by Crippen LogP contribution is 2.23. The van der Waals surface area contributed by atoms with Crippen LogP contribution in [-0.2, 0) is 20.7 Å². The molecular weight excluding hydrogens is 378 g/mol. The van der Waals surface area contributed by atoms with Gasteiger partial charge in [-0.15, -0.1) is 0 Å². The number of benzene rings is 2. The smallest absolute Gasteiger partial charge is 0.306 e. The first-order valence-electron chi connectivity index (χ1n) is 10.6. The molecule has 1 N–H and O–H groups in total. The molecule has 5 nitrogen and oxygen atoms in total. The van der Waals surface area contributed by atoms with E-state index in [2.05, 4.69) is 43.4 Å². The van der Waals surface area contributed by atoms with E-state index in [4.69, 9.17) is 9.47 Å². The Labute approximate surface area is 179 Å². The number of nitrogens with one attached hydrogen (secondary N) is 1. The monoisotopic (exact) mass is 411 g/mol. The zero-order chi connectivity index (χ0) is 21.9. The van der Waals surface area contributed by atoms with Crippen molar-refractivity contribution in [1.29, 1.82) is 0 Å². The fourth-order valence-electron chi connectivity index (χ4n) is 3.39. The van der Waals surface area contributed by atoms with E-state index >= 15 is 0 Å². The summed E-state index contributed by atoms with van der Waals surface area (Å²) in [5.74, 6) is 0.436. The molecule has 0 aliphatic heterocycles. The van der Waals surface area contributed by atoms with Crippen LogP contribution in [0.3, 0.4) is 0 Å². The number of hydrogen-bond donors (Lipinski definition) is 1. The maximum atomic E-state index is 12.6. The third kappa shape index (κ3) is 7.54. The van der Waals surface area contributed by atoms with E-state index < -0.39 is 0 Å². The molecule has 0 aromatic heterocycles. The van der Waals surface area contributed by atoms with E-state index in [0.29, 0.717) is 25.5 Å². The van der Waals surface area contributed by atoms with Gasteiger partial charge in [-0.2, -0.15) is 0 Å². The predicted octanol–water partition coefficient (Wildman–Crippen LogP) is 4.64. The highest BCUT2D eigenvalue weighted by molar-refractivity contribution is 5.83. The van der Waals surface area contributed by atoms with Crippen molar-refractivity contribution in [2.75, 3.05) is 20.3 Å². The number of hydrogen-bond acceptors (Lipinski definition) is 4. The quantitative estimate of drug-likeness (QED) is 0.547. The second kappa shape index (κ2) is 12.0. The van der Waals surface area contributed by atoms with Crippen molar-refractivity contribution in [3.63, 3.8) is 0 Å². The van der Waals surface area contributed by atoms with Gasteiger partial charge in [0.2, 0.25) is 5.91 Å². The summed E-state index contributed by atoms with van der Waals surface area (Å²) in [6.45, 7) is 6.75. The van der Waals surface area contributed by atoms with Crippen molar-refractivity contribution in [3.8, 4) is 16.9 Å². The van der Waals surface area contributed by atoms with Crippen LogP contribution in [0.5, 0.6) is 5.75 Å². The Hall–Kier alpha value is -2.82. The van der Waals surface area contributed by atoms with E-state index in [1.807, 2.05) is 24.3 Å². The summed E-state index contributed by atoms with van der Waals surface area (Å²) in [4.78, 5) is 24.4. The molecule has 30 heavy (non-hydrogen) atoms. The molecule has 0 bridgehead atoms. The summed E-state index contributed by atoms with van der Waals surface area (Å²) in [5.41, 5.74) is 3.42. The Bertz CT molecular complexity index is 797. The molecule has 5 heteroatoms. The molecule has 0 spiro atoms. The lowest BCUT2D eigenvalue weighted by molar-refractivity contribution is -0.146. The fourth-order valence-corrected chi connectivity index (χ4v) is 3.39. The van der Waals surface area contributed by atoms with Gasteiger partial charge in [0.25, 0.3) is 0 Å². The van der Waals surface area contributed by atoms with Gasteiger partial charge in [-0.05, 0) is 54.5 Å². The first-order chi connectivity index (χ1) is 14.4. The summed E-state index contributed by atoms with van der Waals surface area (Å²) in [7, 11) is 1.66. The van der Waals surface area contributed by atoms with Gasteiger partial charge in [-0.3, -0.25) is 9.59 Å². The first kappa shape index (κ1) is 23.5. The third-order valence-corrected chi connectivity index (χ3v) is 4.94. The number of carbonyl (C=O) groups is 2. The van der Waals surface area contributed by atoms with Crippen molar-refractivity contribution < 1.29 is 19.1 Å². The number of rotatable bonds is 11. The van der Waals surface area contributed by atoms with Crippen molar-refractivity contribution in [2.45, 2.75) is 40.0 Å². The molecule has 2 aromatic rings. The van der Waals surface area contributed by atoms with Crippen molar-refractivity contribution in [2.24, 2.45) is 11.8 Å². The van der Waals surface area contributed by atoms with Crippen molar-refractivity contribution in [1.82, 2.24) is 5.32 Å². The van der Waals surface area contributed by atoms with Gasteiger partial charge in [0, 0.05) is 12.5 Å². The molecule has 2 aromatic carbocycles. The van der Waals surface area contributed by atoms with Crippen LogP contribution < -0.4 is 10.1 Å². The number of ether oxygens (including phenoxy) is 2. The zero-order valence-electron chi connectivity index (χ0n) is 18.4. The van der Waals surface area contributed by atoms with Gasteiger partial charge in [0.15, 0.2) is 0 Å². The third-order valence-electron chi connectivity index (χ3n) is 4.94. The lowest BCUT2D eigenvalue weighted by Gasteiger charge is -2.18. The van der Waals surface area contributed by atoms with Gasteiger partial charge < -0.3 is 14.8 Å². The van der Waals surface area contributed by atoms with E-state index in [9.17, 15) is 9.59 Å². The number of amides is 1. The molecule has 1 unspecified atom stereocenters. The lowest BCUT2D eigenvalue weighted by atomic mass is 9.93. The topological polar surface area (TPSA) is 64.6 Å². The molecule has 1 amide bonds. The second-order valence-corrected chi connectivity index (χ2v) is 7.80. The van der Waals surface area contributed by atoms with E-state index in [-0.39, 0.29) is 24.2 Å². The van der Waals surface area contributed by atoms with Crippen LogP contribution in [0.2, 0.25) is 0 Å². The van der Waals surface area contributed by atoms with Crippen LogP contribution in [0.25, 0.3) is 11.1 Å². The Kier molecular flexibility index (Phi) is 9.39. The molecule has 0 aliphatic rings. The maximum absolute atomic E-state index is 12.6. The Morgan fingerprint density at radius 2 is 1.57 bits per heavy atom. The van der Waals surface area contributed by atoms with Gasteiger partial charge in [-0.1, -0.05) is 50.2 Å². The Balaban J connectivity index is 1.87. The summed E-state index contributed by atoms with van der Waals surface area (Å²) in [5, 5.41) is 2.98. The van der Waals surface area contributed by atoms with Crippen LogP contribution >= 0.6 is 0 Å². The van der Waals surface area contributed by atoms with Gasteiger partial charge in [0.05, 0.1) is 20.1 Å². The van der Waals surface area contributed by atoms with Crippen LogP contribution in [0.15, 0.2) is 48.5 Å². The summed E-state index contributed by atoms with van der Waals surface area (Å²) < 4.78 is 10.2. The minimum atomic E-state index is -0.346. The molecule has 0 saturated heterocycles. The molecule has 0 saturated carbocycles. The van der Waals surface area contributed by atoms with Gasteiger partial charge in [-0.25, -0.2) is 0 Å². The lowest BCUT2D eigenvalue weighted by Crippen LogP contribution is -2.34. The molecule has 0 radical (unpaired) electrons. The molecular formula is C25H33NO4. The standard InChI is InChI=1S/C25H33NO4/c1-5-30-24(27)17-22(16-18(2)3)25(28)26-15-14-19-6-8-20(9-7-19)21-10-12-23(29-4)13-11-21/h6-13,18,22H,5,14-17H2,1-4H3,(H,26,28). The van der Waals surface area contributed by atoms with Gasteiger partial charge >= 0.3 is 5.97 Å². The van der Waals surface area contributed by atoms with Crippen molar-refractivity contribution >= 4 is 11.9 Å². The van der Waals surface area contributed by atoms with E-state index in [1.54, 1.807) is 14.0 Å². The van der Waals surface area contributed by atoms with E-state index in [0.717, 1.165) is 28.9 Å². The van der Waals surface area contributed by atoms with Crippen LogP contribution in [0, 0.1) is 11.8 Å². The van der Waals surface area contributed by atoms with Crippen LogP contribution in [0.4, 0.5) is 0 Å². The summed E-state index contributed by atoms with van der Waals surface area (Å²) in [6.07, 6.45) is 1.54. The maximum Gasteiger partial charge on any atom is 0.306 e. The Morgan fingerprint density at radius 1 is 0.967 bits per heavy atom. The molecule has 162 valence electrons. The van der Waals surface area contributed by atoms with Gasteiger partial charge in [0.1, 0.15) is 5.75 Å². The minimum Gasteiger partial charge on any atom is -0.497 e. The fraction of sp³-hybridized carbons (Fsp3) is 0.440. The van der Waals surface area contributed by atoms with Crippen LogP contribution in [0.1, 0.15) is 39.2 Å². The number of carbonyl (C=O) groups excluding carboxylic acids is 2. The summed E-state index contributed by atoms with van der Waals surface area (Å²) in [6, 6.07) is 16.3. The molecule has 1 atom stereocenters. The SMILES string of the molecule is CCOC(=O)CC(CC(C)C)C(=O)NCCc1ccc(-c2ccc(OC)cc2)cc1. The normalized spacial score (nSPS) is 11.8. The highest BCUT2D eigenvalue weighted by atomic mass is 16.5. The average Bonchev–Trinajstić information content (AvgIpc) is 2.73. The predicted molar refractivity (Wildman–Crippen MR) is 119 cm³/mol. The second-order valence-electron chi connectivity index (χ2n) is 7.80. The summed E-state index contributed by atoms with van der Waals surface area (Å²) >= 11 is 0. The Morgan fingerprint density at radius 3 is 2.10 bits per heavy atom. The average molecular weight is 412 g/mol. The molecule has 0 heterocycles. The van der Waals surface area contributed by atoms with Crippen molar-refractivity contribution in [3.05, 3.63) is 54.1 Å². The molecule has 2 rings (SSSR count). The largest absolute Gasteiger partial charge is 0.497 e. The first-order valence-corrected chi connectivity index (χ1v) is 10.6. The highest BCUT2D eigenvalue weighted by Gasteiger charge is 2.23. The number of esters is 1. The van der Waals surface area contributed by atoms with Crippen LogP contribution in [-0.4, -0.2) is 32.1 Å². The number of methoxy groups -OCH3 is 1. The molecule has 0 aliphatic carbocycles. The minimum absolute atomic E-state index is 0.0772. The zero-order valence-corrected chi connectivity index (χ0v) is 18.4.